The molecule has 1 atom stereocenters. The molecule has 8 heteroatoms. The van der Waals surface area contributed by atoms with Gasteiger partial charge in [-0.15, -0.1) is 0 Å². The van der Waals surface area contributed by atoms with Crippen LogP contribution in [0.5, 0.6) is 5.75 Å². The summed E-state index contributed by atoms with van der Waals surface area (Å²) in [5, 5.41) is 3.67. The number of para-hydroxylation sites is 2. The van der Waals surface area contributed by atoms with Crippen molar-refractivity contribution < 1.29 is 17.9 Å². The topological polar surface area (TPSA) is 84.5 Å². The first kappa shape index (κ1) is 21.2. The summed E-state index contributed by atoms with van der Waals surface area (Å²) in [5.74, 6) is 0.0714. The Morgan fingerprint density at radius 3 is 2.68 bits per heavy atom. The van der Waals surface area contributed by atoms with Crippen LogP contribution in [0.1, 0.15) is 33.9 Å². The van der Waals surface area contributed by atoms with E-state index in [1.54, 1.807) is 36.4 Å². The maximum atomic E-state index is 12.9. The number of fused-ring (bicyclic) bond motifs is 1. The highest BCUT2D eigenvalue weighted by Crippen LogP contribution is 2.33. The van der Waals surface area contributed by atoms with E-state index in [0.29, 0.717) is 16.5 Å². The van der Waals surface area contributed by atoms with Gasteiger partial charge in [-0.2, -0.15) is 0 Å². The monoisotopic (exact) mass is 456 g/mol. The van der Waals surface area contributed by atoms with Gasteiger partial charge < -0.3 is 10.1 Å². The van der Waals surface area contributed by atoms with Crippen molar-refractivity contribution in [2.24, 2.45) is 0 Å². The smallest absolute Gasteiger partial charge is 0.262 e. The van der Waals surface area contributed by atoms with E-state index in [0.717, 1.165) is 24.0 Å². The van der Waals surface area contributed by atoms with Crippen LogP contribution in [0.4, 0.5) is 5.69 Å². The molecule has 0 aromatic heterocycles. The number of carbonyl (C=O) groups is 1. The van der Waals surface area contributed by atoms with Gasteiger partial charge in [0.1, 0.15) is 5.75 Å². The second-order valence-electron chi connectivity index (χ2n) is 7.24. The van der Waals surface area contributed by atoms with Gasteiger partial charge in [-0.25, -0.2) is 8.42 Å². The van der Waals surface area contributed by atoms with Crippen molar-refractivity contribution >= 4 is 33.2 Å². The number of hydrogen-bond acceptors (Lipinski definition) is 4. The first-order valence-corrected chi connectivity index (χ1v) is 11.6. The minimum Gasteiger partial charge on any atom is -0.495 e. The third-order valence-corrected chi connectivity index (χ3v) is 6.84. The molecule has 1 aliphatic carbocycles. The summed E-state index contributed by atoms with van der Waals surface area (Å²) in [7, 11) is -2.44. The highest BCUT2D eigenvalue weighted by molar-refractivity contribution is 7.92. The predicted octanol–water partition coefficient (Wildman–Crippen LogP) is 4.57. The number of ether oxygens (including phenoxy) is 1. The quantitative estimate of drug-likeness (QED) is 0.569. The largest absolute Gasteiger partial charge is 0.495 e. The van der Waals surface area contributed by atoms with Crippen LogP contribution in [0.25, 0.3) is 0 Å². The summed E-state index contributed by atoms with van der Waals surface area (Å²) < 4.78 is 33.5. The van der Waals surface area contributed by atoms with E-state index in [9.17, 15) is 13.2 Å². The Labute approximate surface area is 186 Å². The Morgan fingerprint density at radius 1 is 1.06 bits per heavy atom. The molecule has 3 aromatic carbocycles. The molecule has 3 aromatic rings. The molecular weight excluding hydrogens is 436 g/mol. The third kappa shape index (κ3) is 4.52. The molecule has 4 rings (SSSR count). The molecular formula is C23H21ClN2O4S. The molecule has 0 aliphatic heterocycles. The van der Waals surface area contributed by atoms with Gasteiger partial charge in [0, 0.05) is 10.6 Å². The van der Waals surface area contributed by atoms with E-state index >= 15 is 0 Å². The number of hydrogen-bond donors (Lipinski definition) is 2. The number of methoxy groups -OCH3 is 1. The zero-order valence-corrected chi connectivity index (χ0v) is 18.3. The molecule has 1 unspecified atom stereocenters. The van der Waals surface area contributed by atoms with Crippen LogP contribution in [0.15, 0.2) is 71.6 Å². The fourth-order valence-corrected chi connectivity index (χ4v) is 5.03. The standard InChI is InChI=1S/C23H21ClN2O4S/c1-30-22-8-3-2-7-21(22)26-31(28,29)18-6-4-5-16(14-18)23(27)25-20-12-9-15-13-17(24)10-11-19(15)20/h2-8,10-11,13-14,20,26H,9,12H2,1H3,(H,25,27). The Morgan fingerprint density at radius 2 is 1.87 bits per heavy atom. The van der Waals surface area contributed by atoms with E-state index in [1.165, 1.54) is 19.2 Å². The molecule has 0 spiro atoms. The Kier molecular flexibility index (Phi) is 5.89. The molecule has 31 heavy (non-hydrogen) atoms. The van der Waals surface area contributed by atoms with E-state index in [-0.39, 0.29) is 22.4 Å². The van der Waals surface area contributed by atoms with Gasteiger partial charge in [0.05, 0.1) is 23.7 Å². The maximum absolute atomic E-state index is 12.9. The van der Waals surface area contributed by atoms with Crippen LogP contribution >= 0.6 is 11.6 Å². The lowest BCUT2D eigenvalue weighted by atomic mass is 10.1. The van der Waals surface area contributed by atoms with Crippen LogP contribution in [-0.2, 0) is 16.4 Å². The second kappa shape index (κ2) is 8.61. The molecule has 0 saturated carbocycles. The van der Waals surface area contributed by atoms with Crippen LogP contribution < -0.4 is 14.8 Å². The van der Waals surface area contributed by atoms with Crippen molar-refractivity contribution in [2.75, 3.05) is 11.8 Å². The highest BCUT2D eigenvalue weighted by Gasteiger charge is 2.25. The summed E-state index contributed by atoms with van der Waals surface area (Å²) in [6.45, 7) is 0. The minimum absolute atomic E-state index is 0.00957. The Bertz CT molecular complexity index is 1240. The number of aryl methyl sites for hydroxylation is 1. The molecule has 0 saturated heterocycles. The lowest BCUT2D eigenvalue weighted by Gasteiger charge is -2.15. The number of nitrogens with one attached hydrogen (secondary N) is 2. The maximum Gasteiger partial charge on any atom is 0.262 e. The summed E-state index contributed by atoms with van der Waals surface area (Å²) in [6.07, 6.45) is 1.60. The Hall–Kier alpha value is -3.03. The third-order valence-electron chi connectivity index (χ3n) is 5.25. The van der Waals surface area contributed by atoms with Crippen LogP contribution in [0, 0.1) is 0 Å². The fraction of sp³-hybridized carbons (Fsp3) is 0.174. The molecule has 1 aliphatic rings. The zero-order valence-electron chi connectivity index (χ0n) is 16.8. The van der Waals surface area contributed by atoms with E-state index < -0.39 is 10.0 Å². The molecule has 0 fully saturated rings. The predicted molar refractivity (Wildman–Crippen MR) is 120 cm³/mol. The number of carbonyl (C=O) groups excluding carboxylic acids is 1. The number of rotatable bonds is 6. The fourth-order valence-electron chi connectivity index (χ4n) is 3.71. The lowest BCUT2D eigenvalue weighted by Crippen LogP contribution is -2.27. The molecule has 0 radical (unpaired) electrons. The molecule has 6 nitrogen and oxygen atoms in total. The van der Waals surface area contributed by atoms with Crippen LogP contribution in [0.2, 0.25) is 5.02 Å². The van der Waals surface area contributed by atoms with Crippen molar-refractivity contribution in [1.29, 1.82) is 0 Å². The molecule has 0 bridgehead atoms. The SMILES string of the molecule is COc1ccccc1NS(=O)(=O)c1cccc(C(=O)NC2CCc3cc(Cl)ccc32)c1. The van der Waals surface area contributed by atoms with Crippen molar-refractivity contribution in [1.82, 2.24) is 5.32 Å². The molecule has 2 N–H and O–H groups in total. The number of benzene rings is 3. The first-order chi connectivity index (χ1) is 14.9. The van der Waals surface area contributed by atoms with E-state index in [4.69, 9.17) is 16.3 Å². The molecule has 160 valence electrons. The van der Waals surface area contributed by atoms with Crippen molar-refractivity contribution in [3.8, 4) is 5.75 Å². The van der Waals surface area contributed by atoms with Gasteiger partial charge in [0.2, 0.25) is 0 Å². The average Bonchev–Trinajstić information content (AvgIpc) is 3.15. The normalized spacial score (nSPS) is 15.2. The first-order valence-electron chi connectivity index (χ1n) is 9.72. The van der Waals surface area contributed by atoms with Gasteiger partial charge in [-0.3, -0.25) is 9.52 Å². The highest BCUT2D eigenvalue weighted by atomic mass is 35.5. The van der Waals surface area contributed by atoms with Gasteiger partial charge in [-0.1, -0.05) is 35.9 Å². The summed E-state index contributed by atoms with van der Waals surface area (Å²) in [4.78, 5) is 12.8. The van der Waals surface area contributed by atoms with Gasteiger partial charge >= 0.3 is 0 Å². The summed E-state index contributed by atoms with van der Waals surface area (Å²) >= 11 is 6.05. The summed E-state index contributed by atoms with van der Waals surface area (Å²) in [6, 6.07) is 18.2. The number of sulfonamides is 1. The van der Waals surface area contributed by atoms with Crippen LogP contribution in [0.3, 0.4) is 0 Å². The van der Waals surface area contributed by atoms with Gasteiger partial charge in [0.25, 0.3) is 15.9 Å². The number of amides is 1. The van der Waals surface area contributed by atoms with Crippen molar-refractivity contribution in [3.63, 3.8) is 0 Å². The lowest BCUT2D eigenvalue weighted by molar-refractivity contribution is 0.0936. The van der Waals surface area contributed by atoms with E-state index in [2.05, 4.69) is 10.0 Å². The second-order valence-corrected chi connectivity index (χ2v) is 9.36. The average molecular weight is 457 g/mol. The number of anilines is 1. The number of halogens is 1. The van der Waals surface area contributed by atoms with Gasteiger partial charge in [0.15, 0.2) is 0 Å². The van der Waals surface area contributed by atoms with Crippen LogP contribution in [-0.4, -0.2) is 21.4 Å². The molecule has 0 heterocycles. The van der Waals surface area contributed by atoms with Crippen molar-refractivity contribution in [2.45, 2.75) is 23.8 Å². The minimum atomic E-state index is -3.91. The van der Waals surface area contributed by atoms with Crippen molar-refractivity contribution in [3.05, 3.63) is 88.4 Å². The molecule has 1 amide bonds. The Balaban J connectivity index is 1.54. The van der Waals surface area contributed by atoms with E-state index in [1.807, 2.05) is 18.2 Å². The summed E-state index contributed by atoms with van der Waals surface area (Å²) in [5.41, 5.74) is 2.75. The van der Waals surface area contributed by atoms with Gasteiger partial charge in [-0.05, 0) is 66.4 Å². The zero-order chi connectivity index (χ0) is 22.0.